The summed E-state index contributed by atoms with van der Waals surface area (Å²) in [5.74, 6) is -1.66. The first-order valence-corrected chi connectivity index (χ1v) is 13.0. The van der Waals surface area contributed by atoms with Crippen LogP contribution in [0.1, 0.15) is 35.2 Å². The highest BCUT2D eigenvalue weighted by Crippen LogP contribution is 2.27. The number of halogens is 1. The molecule has 1 amide bonds. The van der Waals surface area contributed by atoms with Crippen LogP contribution in [-0.4, -0.2) is 58.5 Å². The highest BCUT2D eigenvalue weighted by Gasteiger charge is 2.28. The van der Waals surface area contributed by atoms with Gasteiger partial charge in [0.1, 0.15) is 10.7 Å². The zero-order valence-corrected chi connectivity index (χ0v) is 19.8. The SMILES string of the molecule is Cc1ccc(NC(=O)c2ccc(F)c(S(=O)(=O)N(C)C)c2)cc1S(=O)(=O)N1CCCCC1. The van der Waals surface area contributed by atoms with Crippen LogP contribution in [-0.2, 0) is 20.0 Å². The lowest BCUT2D eigenvalue weighted by Gasteiger charge is -2.26. The molecule has 1 N–H and O–H groups in total. The summed E-state index contributed by atoms with van der Waals surface area (Å²) >= 11 is 0. The van der Waals surface area contributed by atoms with Gasteiger partial charge in [0.25, 0.3) is 5.91 Å². The Kier molecular flexibility index (Phi) is 7.03. The number of anilines is 1. The molecule has 0 unspecified atom stereocenters. The molecule has 0 aliphatic carbocycles. The van der Waals surface area contributed by atoms with E-state index >= 15 is 0 Å². The summed E-state index contributed by atoms with van der Waals surface area (Å²) in [6, 6.07) is 7.58. The molecule has 1 heterocycles. The minimum Gasteiger partial charge on any atom is -0.322 e. The Hall–Kier alpha value is -2.34. The molecule has 0 saturated carbocycles. The first-order valence-electron chi connectivity index (χ1n) is 10.1. The maximum Gasteiger partial charge on any atom is 0.255 e. The molecular formula is C21H26FN3O5S2. The van der Waals surface area contributed by atoms with E-state index in [9.17, 15) is 26.0 Å². The quantitative estimate of drug-likeness (QED) is 0.681. The Balaban J connectivity index is 1.90. The van der Waals surface area contributed by atoms with Gasteiger partial charge in [-0.25, -0.2) is 25.5 Å². The number of carbonyl (C=O) groups is 1. The number of rotatable bonds is 6. The molecule has 8 nitrogen and oxygen atoms in total. The summed E-state index contributed by atoms with van der Waals surface area (Å²) in [7, 11) is -5.27. The van der Waals surface area contributed by atoms with E-state index in [0.29, 0.717) is 18.7 Å². The lowest BCUT2D eigenvalue weighted by atomic mass is 10.2. The molecule has 174 valence electrons. The number of nitrogens with zero attached hydrogens (tertiary/aromatic N) is 2. The van der Waals surface area contributed by atoms with Crippen molar-refractivity contribution in [3.05, 3.63) is 53.3 Å². The Morgan fingerprint density at radius 1 is 0.969 bits per heavy atom. The minimum atomic E-state index is -4.09. The second kappa shape index (κ2) is 9.26. The highest BCUT2D eigenvalue weighted by atomic mass is 32.2. The van der Waals surface area contributed by atoms with Crippen molar-refractivity contribution in [1.82, 2.24) is 8.61 Å². The number of nitrogens with one attached hydrogen (secondary N) is 1. The van der Waals surface area contributed by atoms with Gasteiger partial charge in [-0.1, -0.05) is 12.5 Å². The van der Waals surface area contributed by atoms with Gasteiger partial charge in [0.15, 0.2) is 0 Å². The van der Waals surface area contributed by atoms with Crippen molar-refractivity contribution >= 4 is 31.6 Å². The maximum absolute atomic E-state index is 14.1. The third-order valence-corrected chi connectivity index (χ3v) is 9.20. The Morgan fingerprint density at radius 2 is 1.62 bits per heavy atom. The molecule has 1 aliphatic heterocycles. The molecule has 2 aromatic rings. The van der Waals surface area contributed by atoms with E-state index in [1.807, 2.05) is 0 Å². The molecule has 0 atom stereocenters. The number of hydrogen-bond donors (Lipinski definition) is 1. The number of sulfonamides is 2. The summed E-state index contributed by atoms with van der Waals surface area (Å²) in [5, 5.41) is 2.58. The average molecular weight is 484 g/mol. The molecule has 0 spiro atoms. The van der Waals surface area contributed by atoms with Gasteiger partial charge in [-0.15, -0.1) is 0 Å². The number of carbonyl (C=O) groups excluding carboxylic acids is 1. The van der Waals surface area contributed by atoms with Crippen LogP contribution in [0.15, 0.2) is 46.2 Å². The zero-order valence-electron chi connectivity index (χ0n) is 18.1. The van der Waals surface area contributed by atoms with Gasteiger partial charge >= 0.3 is 0 Å². The van der Waals surface area contributed by atoms with Crippen molar-refractivity contribution in [2.45, 2.75) is 36.0 Å². The van der Waals surface area contributed by atoms with Gasteiger partial charge in [0, 0.05) is 38.4 Å². The second-order valence-corrected chi connectivity index (χ2v) is 11.9. The first-order chi connectivity index (χ1) is 14.9. The molecule has 1 fully saturated rings. The summed E-state index contributed by atoms with van der Waals surface area (Å²) in [4.78, 5) is 12.2. The van der Waals surface area contributed by atoms with Gasteiger partial charge in [0.05, 0.1) is 4.90 Å². The number of benzene rings is 2. The van der Waals surface area contributed by atoms with Crippen LogP contribution in [0.25, 0.3) is 0 Å². The third kappa shape index (κ3) is 4.85. The summed E-state index contributed by atoms with van der Waals surface area (Å²) in [5.41, 5.74) is 0.708. The fourth-order valence-corrected chi connectivity index (χ4v) is 6.19. The van der Waals surface area contributed by atoms with Crippen LogP contribution in [0, 0.1) is 12.7 Å². The van der Waals surface area contributed by atoms with Crippen LogP contribution in [0.2, 0.25) is 0 Å². The monoisotopic (exact) mass is 483 g/mol. The summed E-state index contributed by atoms with van der Waals surface area (Å²) in [6.45, 7) is 2.59. The van der Waals surface area contributed by atoms with Crippen LogP contribution in [0.5, 0.6) is 0 Å². The van der Waals surface area contributed by atoms with Crippen molar-refractivity contribution in [3.8, 4) is 0 Å². The van der Waals surface area contributed by atoms with Gasteiger partial charge in [-0.05, 0) is 55.7 Å². The molecule has 11 heteroatoms. The topological polar surface area (TPSA) is 104 Å². The smallest absolute Gasteiger partial charge is 0.255 e. The summed E-state index contributed by atoms with van der Waals surface area (Å²) < 4.78 is 67.2. The fraction of sp³-hybridized carbons (Fsp3) is 0.381. The first kappa shape index (κ1) is 24.3. The Labute approximate surface area is 188 Å². The molecule has 1 saturated heterocycles. The number of aryl methyl sites for hydroxylation is 1. The molecule has 0 aromatic heterocycles. The highest BCUT2D eigenvalue weighted by molar-refractivity contribution is 7.89. The molecule has 1 aliphatic rings. The van der Waals surface area contributed by atoms with Crippen molar-refractivity contribution < 1.29 is 26.0 Å². The van der Waals surface area contributed by atoms with E-state index in [-0.39, 0.29) is 16.1 Å². The lowest BCUT2D eigenvalue weighted by Crippen LogP contribution is -2.36. The number of piperidine rings is 1. The number of hydrogen-bond acceptors (Lipinski definition) is 5. The van der Waals surface area contributed by atoms with Gasteiger partial charge in [0.2, 0.25) is 20.0 Å². The third-order valence-electron chi connectivity index (χ3n) is 5.33. The van der Waals surface area contributed by atoms with Crippen molar-refractivity contribution in [2.24, 2.45) is 0 Å². The minimum absolute atomic E-state index is 0.0761. The van der Waals surface area contributed by atoms with Gasteiger partial charge in [-0.3, -0.25) is 4.79 Å². The van der Waals surface area contributed by atoms with Crippen molar-refractivity contribution in [3.63, 3.8) is 0 Å². The number of amides is 1. The normalized spacial score (nSPS) is 15.7. The van der Waals surface area contributed by atoms with Gasteiger partial charge < -0.3 is 5.32 Å². The lowest BCUT2D eigenvalue weighted by molar-refractivity contribution is 0.102. The largest absolute Gasteiger partial charge is 0.322 e. The summed E-state index contributed by atoms with van der Waals surface area (Å²) in [6.07, 6.45) is 2.60. The maximum atomic E-state index is 14.1. The molecule has 2 aromatic carbocycles. The molecule has 0 radical (unpaired) electrons. The second-order valence-electron chi connectivity index (χ2n) is 7.83. The average Bonchev–Trinajstić information content (AvgIpc) is 2.75. The van der Waals surface area contributed by atoms with Crippen LogP contribution in [0.3, 0.4) is 0 Å². The van der Waals surface area contributed by atoms with Crippen LogP contribution in [0.4, 0.5) is 10.1 Å². The van der Waals surface area contributed by atoms with E-state index in [1.165, 1.54) is 30.5 Å². The molecule has 0 bridgehead atoms. The van der Waals surface area contributed by atoms with Crippen molar-refractivity contribution in [2.75, 3.05) is 32.5 Å². The standard InChI is InChI=1S/C21H26FN3O5S2/c1-15-7-9-17(14-19(15)32(29,30)25-11-5-4-6-12-25)23-21(26)16-8-10-18(22)20(13-16)31(27,28)24(2)3/h7-10,13-14H,4-6,11-12H2,1-3H3,(H,23,26). The van der Waals surface area contributed by atoms with E-state index < -0.39 is 36.7 Å². The predicted octanol–water partition coefficient (Wildman–Crippen LogP) is 2.81. The Bertz CT molecular complexity index is 1240. The fourth-order valence-electron chi connectivity index (χ4n) is 3.44. The van der Waals surface area contributed by atoms with Gasteiger partial charge in [-0.2, -0.15) is 4.31 Å². The Morgan fingerprint density at radius 3 is 2.25 bits per heavy atom. The molecular weight excluding hydrogens is 457 g/mol. The van der Waals surface area contributed by atoms with E-state index in [1.54, 1.807) is 19.1 Å². The zero-order chi connectivity index (χ0) is 23.7. The molecule has 3 rings (SSSR count). The van der Waals surface area contributed by atoms with Crippen molar-refractivity contribution in [1.29, 1.82) is 0 Å². The van der Waals surface area contributed by atoms with E-state index in [4.69, 9.17) is 0 Å². The molecule has 32 heavy (non-hydrogen) atoms. The predicted molar refractivity (Wildman–Crippen MR) is 119 cm³/mol. The van der Waals surface area contributed by atoms with Crippen LogP contribution < -0.4 is 5.32 Å². The van der Waals surface area contributed by atoms with E-state index in [0.717, 1.165) is 35.7 Å². The van der Waals surface area contributed by atoms with Crippen LogP contribution >= 0.6 is 0 Å². The van der Waals surface area contributed by atoms with E-state index in [2.05, 4.69) is 5.32 Å².